The van der Waals surface area contributed by atoms with Gasteiger partial charge in [0.1, 0.15) is 5.75 Å². The van der Waals surface area contributed by atoms with Gasteiger partial charge in [-0.15, -0.1) is 0 Å². The van der Waals surface area contributed by atoms with Crippen LogP contribution in [0.4, 0.5) is 0 Å². The van der Waals surface area contributed by atoms with E-state index in [2.05, 4.69) is 25.4 Å². The van der Waals surface area contributed by atoms with Crippen molar-refractivity contribution >= 4 is 27.7 Å². The van der Waals surface area contributed by atoms with Crippen molar-refractivity contribution in [2.45, 2.75) is 6.42 Å². The molecule has 1 amide bonds. The molecule has 3 aromatic heterocycles. The van der Waals surface area contributed by atoms with Crippen LogP contribution in [0.15, 0.2) is 59.4 Å². The zero-order valence-corrected chi connectivity index (χ0v) is 16.2. The van der Waals surface area contributed by atoms with Crippen LogP contribution in [-0.2, 0) is 6.42 Å². The van der Waals surface area contributed by atoms with Crippen molar-refractivity contribution in [1.29, 1.82) is 0 Å². The molecule has 0 radical (unpaired) electrons. The Morgan fingerprint density at radius 1 is 1.10 bits per heavy atom. The lowest BCUT2D eigenvalue weighted by Crippen LogP contribution is -2.25. The fourth-order valence-corrected chi connectivity index (χ4v) is 3.56. The molecule has 5 rings (SSSR count). The molecule has 0 saturated carbocycles. The Kier molecular flexibility index (Phi) is 4.44. The fourth-order valence-electron chi connectivity index (χ4n) is 3.56. The predicted molar refractivity (Wildman–Crippen MR) is 112 cm³/mol. The number of amides is 1. The summed E-state index contributed by atoms with van der Waals surface area (Å²) in [4.78, 5) is 23.1. The largest absolute Gasteiger partial charge is 0.497 e. The molecule has 0 aliphatic heterocycles. The first-order chi connectivity index (χ1) is 14.7. The van der Waals surface area contributed by atoms with Crippen molar-refractivity contribution in [3.8, 4) is 17.1 Å². The van der Waals surface area contributed by atoms with Gasteiger partial charge in [0.15, 0.2) is 0 Å². The Balaban J connectivity index is 1.27. The second-order valence-corrected chi connectivity index (χ2v) is 6.90. The van der Waals surface area contributed by atoms with Gasteiger partial charge in [-0.25, -0.2) is 0 Å². The number of aromatic nitrogens is 4. The second kappa shape index (κ2) is 7.40. The van der Waals surface area contributed by atoms with Gasteiger partial charge in [-0.2, -0.15) is 4.98 Å². The molecule has 2 aromatic carbocycles. The van der Waals surface area contributed by atoms with Crippen molar-refractivity contribution in [3.05, 3.63) is 66.3 Å². The number of nitrogens with one attached hydrogen (secondary N) is 3. The minimum atomic E-state index is -0.397. The third-order valence-corrected chi connectivity index (χ3v) is 5.10. The highest BCUT2D eigenvalue weighted by molar-refractivity contribution is 5.95. The molecule has 3 N–H and O–H groups in total. The molecule has 0 saturated heterocycles. The highest BCUT2D eigenvalue weighted by atomic mass is 16.5. The zero-order valence-electron chi connectivity index (χ0n) is 16.2. The van der Waals surface area contributed by atoms with Crippen LogP contribution in [0.1, 0.15) is 16.2 Å². The zero-order chi connectivity index (χ0) is 20.5. The van der Waals surface area contributed by atoms with Gasteiger partial charge >= 0.3 is 11.8 Å². The summed E-state index contributed by atoms with van der Waals surface area (Å²) in [6.45, 7) is 0.438. The van der Waals surface area contributed by atoms with Crippen molar-refractivity contribution in [1.82, 2.24) is 25.4 Å². The molecule has 0 unspecified atom stereocenters. The van der Waals surface area contributed by atoms with Crippen LogP contribution in [0, 0.1) is 0 Å². The summed E-state index contributed by atoms with van der Waals surface area (Å²) in [5.41, 5.74) is 3.88. The number of rotatable bonds is 6. The number of hydrogen-bond donors (Lipinski definition) is 3. The molecule has 8 nitrogen and oxygen atoms in total. The first kappa shape index (κ1) is 18.0. The number of carbonyl (C=O) groups is 1. The number of para-hydroxylation sites is 1. The van der Waals surface area contributed by atoms with E-state index < -0.39 is 5.91 Å². The maximum atomic E-state index is 12.4. The van der Waals surface area contributed by atoms with Gasteiger partial charge in [0.25, 0.3) is 0 Å². The number of hydrogen-bond acceptors (Lipinski definition) is 5. The minimum Gasteiger partial charge on any atom is -0.497 e. The summed E-state index contributed by atoms with van der Waals surface area (Å²) in [5, 5.41) is 8.84. The second-order valence-electron chi connectivity index (χ2n) is 6.90. The summed E-state index contributed by atoms with van der Waals surface area (Å²) in [7, 11) is 1.64. The molecular weight excluding hydrogens is 382 g/mol. The van der Waals surface area contributed by atoms with Crippen molar-refractivity contribution in [2.24, 2.45) is 0 Å². The highest BCUT2D eigenvalue weighted by Gasteiger charge is 2.18. The SMILES string of the molecule is COc1ccc2[nH]cc(CCNC(=O)c3nc(-c4c[nH]c5ccccc45)no3)c2c1. The number of carbonyl (C=O) groups excluding carboxylic acids is 1. The Morgan fingerprint density at radius 2 is 1.93 bits per heavy atom. The maximum absolute atomic E-state index is 12.4. The quantitative estimate of drug-likeness (QED) is 0.402. The minimum absolute atomic E-state index is 0.0594. The van der Waals surface area contributed by atoms with E-state index in [1.54, 1.807) is 7.11 Å². The molecule has 30 heavy (non-hydrogen) atoms. The fraction of sp³-hybridized carbons (Fsp3) is 0.136. The summed E-state index contributed by atoms with van der Waals surface area (Å²) < 4.78 is 10.5. The number of methoxy groups -OCH3 is 1. The van der Waals surface area contributed by atoms with E-state index in [9.17, 15) is 4.79 Å². The van der Waals surface area contributed by atoms with E-state index in [-0.39, 0.29) is 5.89 Å². The smallest absolute Gasteiger partial charge is 0.316 e. The molecule has 8 heteroatoms. The lowest BCUT2D eigenvalue weighted by atomic mass is 10.1. The molecular formula is C22H19N5O3. The number of aromatic amines is 2. The average molecular weight is 401 g/mol. The van der Waals surface area contributed by atoms with Gasteiger partial charge in [-0.3, -0.25) is 4.79 Å². The summed E-state index contributed by atoms with van der Waals surface area (Å²) in [6.07, 6.45) is 4.41. The van der Waals surface area contributed by atoms with Gasteiger partial charge in [0.05, 0.1) is 7.11 Å². The molecule has 0 aliphatic rings. The normalized spacial score (nSPS) is 11.2. The first-order valence-corrected chi connectivity index (χ1v) is 9.55. The van der Waals surface area contributed by atoms with Crippen LogP contribution < -0.4 is 10.1 Å². The predicted octanol–water partition coefficient (Wildman–Crippen LogP) is 3.68. The van der Waals surface area contributed by atoms with Crippen molar-refractivity contribution in [2.75, 3.05) is 13.7 Å². The average Bonchev–Trinajstić information content (AvgIpc) is 3.51. The van der Waals surface area contributed by atoms with Crippen LogP contribution in [0.25, 0.3) is 33.2 Å². The number of benzene rings is 2. The molecule has 0 spiro atoms. The highest BCUT2D eigenvalue weighted by Crippen LogP contribution is 2.26. The third-order valence-electron chi connectivity index (χ3n) is 5.10. The summed E-state index contributed by atoms with van der Waals surface area (Å²) in [6, 6.07) is 13.7. The Labute approximate surface area is 171 Å². The number of fused-ring (bicyclic) bond motifs is 2. The van der Waals surface area contributed by atoms with Gasteiger partial charge in [0, 0.05) is 46.3 Å². The van der Waals surface area contributed by atoms with Gasteiger partial charge in [-0.1, -0.05) is 23.4 Å². The van der Waals surface area contributed by atoms with Gasteiger partial charge < -0.3 is 24.5 Å². The number of nitrogens with zero attached hydrogens (tertiary/aromatic N) is 2. The van der Waals surface area contributed by atoms with E-state index in [1.165, 1.54) is 0 Å². The molecule has 0 bridgehead atoms. The van der Waals surface area contributed by atoms with Crippen LogP contribution >= 0.6 is 0 Å². The summed E-state index contributed by atoms with van der Waals surface area (Å²) in [5.74, 6) is 0.714. The van der Waals surface area contributed by atoms with Gasteiger partial charge in [-0.05, 0) is 36.2 Å². The topological polar surface area (TPSA) is 109 Å². The Hall–Kier alpha value is -4.07. The van der Waals surface area contributed by atoms with E-state index >= 15 is 0 Å². The van der Waals surface area contributed by atoms with E-state index in [0.29, 0.717) is 18.8 Å². The maximum Gasteiger partial charge on any atom is 0.316 e. The standard InChI is InChI=1S/C22H19N5O3/c1-29-14-6-7-19-16(10-14)13(11-24-19)8-9-23-21(28)22-26-20(27-30-22)17-12-25-18-5-3-2-4-15(17)18/h2-7,10-12,24-25H,8-9H2,1H3,(H,23,28). The van der Waals surface area contributed by atoms with E-state index in [0.717, 1.165) is 38.7 Å². The lowest BCUT2D eigenvalue weighted by molar-refractivity contribution is 0.0910. The van der Waals surface area contributed by atoms with Crippen LogP contribution in [0.3, 0.4) is 0 Å². The number of ether oxygens (including phenoxy) is 1. The number of H-pyrrole nitrogens is 2. The molecule has 3 heterocycles. The molecule has 0 aliphatic carbocycles. The molecule has 0 fully saturated rings. The molecule has 150 valence electrons. The van der Waals surface area contributed by atoms with Crippen LogP contribution in [-0.4, -0.2) is 39.7 Å². The Morgan fingerprint density at radius 3 is 2.83 bits per heavy atom. The van der Waals surface area contributed by atoms with Gasteiger partial charge in [0.2, 0.25) is 5.82 Å². The first-order valence-electron chi connectivity index (χ1n) is 9.55. The Bertz CT molecular complexity index is 1350. The lowest BCUT2D eigenvalue weighted by Gasteiger charge is -2.03. The molecule has 0 atom stereocenters. The van der Waals surface area contributed by atoms with E-state index in [1.807, 2.05) is 54.9 Å². The van der Waals surface area contributed by atoms with Crippen molar-refractivity contribution < 1.29 is 14.1 Å². The van der Waals surface area contributed by atoms with Crippen LogP contribution in [0.5, 0.6) is 5.75 Å². The van der Waals surface area contributed by atoms with Crippen LogP contribution in [0.2, 0.25) is 0 Å². The monoisotopic (exact) mass is 401 g/mol. The molecule has 5 aromatic rings. The summed E-state index contributed by atoms with van der Waals surface area (Å²) >= 11 is 0. The van der Waals surface area contributed by atoms with Crippen molar-refractivity contribution in [3.63, 3.8) is 0 Å². The third kappa shape index (κ3) is 3.18. The van der Waals surface area contributed by atoms with E-state index in [4.69, 9.17) is 9.26 Å².